The fraction of sp³-hybridized carbons (Fsp3) is 0.556. The van der Waals surface area contributed by atoms with Crippen molar-refractivity contribution in [2.75, 3.05) is 19.6 Å². The standard InChI is InChI=1S/C9H13N3O4S/c1-2-17(15,16)12-6-5-11(9(13)14)7-8(12)3-4-10/h2,8H,1,3,5-7H2,(H,13,14)/t8-/m0/s1. The van der Waals surface area contributed by atoms with Gasteiger partial charge in [-0.2, -0.15) is 9.57 Å². The van der Waals surface area contributed by atoms with Gasteiger partial charge in [0.25, 0.3) is 0 Å². The van der Waals surface area contributed by atoms with Crippen molar-refractivity contribution in [3.63, 3.8) is 0 Å². The fourth-order valence-corrected chi connectivity index (χ4v) is 2.80. The number of nitriles is 1. The van der Waals surface area contributed by atoms with Crippen LogP contribution in [0.25, 0.3) is 0 Å². The Kier molecular flexibility index (Phi) is 4.09. The monoisotopic (exact) mass is 259 g/mol. The van der Waals surface area contributed by atoms with Gasteiger partial charge in [0, 0.05) is 25.0 Å². The van der Waals surface area contributed by atoms with Crippen LogP contribution >= 0.6 is 0 Å². The molecular formula is C9H13N3O4S. The topological polar surface area (TPSA) is 102 Å². The second kappa shape index (κ2) is 5.16. The van der Waals surface area contributed by atoms with E-state index in [1.54, 1.807) is 0 Å². The summed E-state index contributed by atoms with van der Waals surface area (Å²) in [5.74, 6) is 0. The first-order chi connectivity index (χ1) is 7.92. The van der Waals surface area contributed by atoms with Gasteiger partial charge in [0.1, 0.15) is 0 Å². The molecule has 0 aromatic heterocycles. The van der Waals surface area contributed by atoms with E-state index in [9.17, 15) is 13.2 Å². The van der Waals surface area contributed by atoms with Crippen LogP contribution in [0.1, 0.15) is 6.42 Å². The van der Waals surface area contributed by atoms with Crippen LogP contribution in [0.15, 0.2) is 12.0 Å². The Balaban J connectivity index is 2.91. The van der Waals surface area contributed by atoms with Crippen LogP contribution in [0.4, 0.5) is 4.79 Å². The van der Waals surface area contributed by atoms with Crippen molar-refractivity contribution in [1.82, 2.24) is 9.21 Å². The van der Waals surface area contributed by atoms with Crippen LogP contribution in [0, 0.1) is 11.3 Å². The number of hydrogen-bond donors (Lipinski definition) is 1. The highest BCUT2D eigenvalue weighted by Crippen LogP contribution is 2.17. The van der Waals surface area contributed by atoms with Gasteiger partial charge >= 0.3 is 6.09 Å². The van der Waals surface area contributed by atoms with E-state index in [1.165, 1.54) is 0 Å². The van der Waals surface area contributed by atoms with Gasteiger partial charge in [-0.05, 0) is 0 Å². The lowest BCUT2D eigenvalue weighted by atomic mass is 10.1. The predicted molar refractivity (Wildman–Crippen MR) is 59.4 cm³/mol. The molecule has 0 radical (unpaired) electrons. The Morgan fingerprint density at radius 3 is 2.71 bits per heavy atom. The first-order valence-corrected chi connectivity index (χ1v) is 6.41. The molecule has 1 amide bonds. The van der Waals surface area contributed by atoms with Gasteiger partial charge in [-0.3, -0.25) is 0 Å². The minimum Gasteiger partial charge on any atom is -0.465 e. The van der Waals surface area contributed by atoms with Gasteiger partial charge in [0.2, 0.25) is 10.0 Å². The lowest BCUT2D eigenvalue weighted by molar-refractivity contribution is 0.106. The second-order valence-corrected chi connectivity index (χ2v) is 5.40. The molecule has 1 N–H and O–H groups in total. The molecule has 1 rings (SSSR count). The van der Waals surface area contributed by atoms with E-state index >= 15 is 0 Å². The first-order valence-electron chi connectivity index (χ1n) is 4.91. The summed E-state index contributed by atoms with van der Waals surface area (Å²) in [5.41, 5.74) is 0. The molecule has 0 spiro atoms. The number of hydrogen-bond acceptors (Lipinski definition) is 4. The van der Waals surface area contributed by atoms with Gasteiger partial charge in [-0.15, -0.1) is 0 Å². The summed E-state index contributed by atoms with van der Waals surface area (Å²) in [7, 11) is -3.62. The van der Waals surface area contributed by atoms with Crippen LogP contribution in [-0.2, 0) is 10.0 Å². The van der Waals surface area contributed by atoms with Crippen LogP contribution < -0.4 is 0 Å². The van der Waals surface area contributed by atoms with E-state index in [0.29, 0.717) is 0 Å². The maximum Gasteiger partial charge on any atom is 0.407 e. The van der Waals surface area contributed by atoms with Crippen molar-refractivity contribution in [3.05, 3.63) is 12.0 Å². The van der Waals surface area contributed by atoms with E-state index in [-0.39, 0.29) is 26.1 Å². The summed E-state index contributed by atoms with van der Waals surface area (Å²) in [6.07, 6.45) is -1.15. The number of carboxylic acid groups (broad SMARTS) is 1. The lowest BCUT2D eigenvalue weighted by Crippen LogP contribution is -2.55. The Morgan fingerprint density at radius 2 is 2.24 bits per heavy atom. The number of sulfonamides is 1. The van der Waals surface area contributed by atoms with Gasteiger partial charge in [-0.1, -0.05) is 6.58 Å². The summed E-state index contributed by atoms with van der Waals surface area (Å²) in [5, 5.41) is 18.3. The Labute approximate surface area is 99.6 Å². The summed E-state index contributed by atoms with van der Waals surface area (Å²) in [6.45, 7) is 3.37. The highest BCUT2D eigenvalue weighted by atomic mass is 32.2. The Bertz CT molecular complexity index is 453. The molecule has 1 fully saturated rings. The molecule has 0 aliphatic carbocycles. The molecule has 0 unspecified atom stereocenters. The van der Waals surface area contributed by atoms with Gasteiger partial charge in [-0.25, -0.2) is 13.2 Å². The zero-order chi connectivity index (χ0) is 13.1. The van der Waals surface area contributed by atoms with Crippen LogP contribution in [-0.4, -0.2) is 54.5 Å². The number of amides is 1. The van der Waals surface area contributed by atoms with E-state index in [4.69, 9.17) is 10.4 Å². The molecule has 0 aromatic carbocycles. The predicted octanol–water partition coefficient (Wildman–Crippen LogP) is 0.0376. The van der Waals surface area contributed by atoms with E-state index in [1.807, 2.05) is 6.07 Å². The molecule has 0 saturated carbocycles. The average molecular weight is 259 g/mol. The van der Waals surface area contributed by atoms with E-state index < -0.39 is 22.2 Å². The van der Waals surface area contributed by atoms with Gasteiger partial charge in [0.05, 0.1) is 18.5 Å². The summed E-state index contributed by atoms with van der Waals surface area (Å²) >= 11 is 0. The first kappa shape index (κ1) is 13.5. The maximum atomic E-state index is 11.6. The normalized spacial score (nSPS) is 21.8. The Morgan fingerprint density at radius 1 is 1.59 bits per heavy atom. The van der Waals surface area contributed by atoms with Crippen molar-refractivity contribution >= 4 is 16.1 Å². The van der Waals surface area contributed by atoms with Crippen LogP contribution in [0.2, 0.25) is 0 Å². The molecule has 8 heteroatoms. The lowest BCUT2D eigenvalue weighted by Gasteiger charge is -2.37. The minimum absolute atomic E-state index is 0.00988. The highest BCUT2D eigenvalue weighted by Gasteiger charge is 2.35. The molecule has 94 valence electrons. The van der Waals surface area contributed by atoms with Crippen molar-refractivity contribution in [1.29, 1.82) is 5.26 Å². The minimum atomic E-state index is -3.62. The average Bonchev–Trinajstić information content (AvgIpc) is 2.29. The zero-order valence-corrected chi connectivity index (χ0v) is 9.93. The molecular weight excluding hydrogens is 246 g/mol. The van der Waals surface area contributed by atoms with Gasteiger partial charge < -0.3 is 10.0 Å². The molecule has 1 aliphatic heterocycles. The SMILES string of the molecule is C=CS(=O)(=O)N1CCN(C(=O)O)C[C@@H]1CC#N. The van der Waals surface area contributed by atoms with Crippen LogP contribution in [0.3, 0.4) is 0 Å². The molecule has 7 nitrogen and oxygen atoms in total. The molecule has 0 aromatic rings. The number of piperazine rings is 1. The number of rotatable bonds is 3. The summed E-state index contributed by atoms with van der Waals surface area (Å²) in [6, 6.07) is 1.22. The summed E-state index contributed by atoms with van der Waals surface area (Å²) in [4.78, 5) is 11.9. The molecule has 1 heterocycles. The highest BCUT2D eigenvalue weighted by molar-refractivity contribution is 7.92. The summed E-state index contributed by atoms with van der Waals surface area (Å²) < 4.78 is 24.4. The fourth-order valence-electron chi connectivity index (χ4n) is 1.71. The van der Waals surface area contributed by atoms with E-state index in [0.717, 1.165) is 14.6 Å². The van der Waals surface area contributed by atoms with Gasteiger partial charge in [0.15, 0.2) is 0 Å². The molecule has 1 atom stereocenters. The second-order valence-electron chi connectivity index (χ2n) is 3.57. The largest absolute Gasteiger partial charge is 0.465 e. The third-order valence-electron chi connectivity index (χ3n) is 2.56. The van der Waals surface area contributed by atoms with E-state index in [2.05, 4.69) is 6.58 Å². The van der Waals surface area contributed by atoms with Crippen molar-refractivity contribution < 1.29 is 18.3 Å². The third kappa shape index (κ3) is 2.95. The maximum absolute atomic E-state index is 11.6. The zero-order valence-electron chi connectivity index (χ0n) is 9.11. The van der Waals surface area contributed by atoms with Crippen molar-refractivity contribution in [3.8, 4) is 6.07 Å². The number of nitrogens with zero attached hydrogens (tertiary/aromatic N) is 3. The molecule has 17 heavy (non-hydrogen) atoms. The molecule has 1 aliphatic rings. The number of carbonyl (C=O) groups is 1. The van der Waals surface area contributed by atoms with Crippen molar-refractivity contribution in [2.45, 2.75) is 12.5 Å². The Hall–Kier alpha value is -1.59. The quantitative estimate of drug-likeness (QED) is 0.770. The van der Waals surface area contributed by atoms with Crippen LogP contribution in [0.5, 0.6) is 0 Å². The van der Waals surface area contributed by atoms with Crippen molar-refractivity contribution in [2.24, 2.45) is 0 Å². The molecule has 0 bridgehead atoms. The third-order valence-corrected chi connectivity index (χ3v) is 4.12. The smallest absolute Gasteiger partial charge is 0.407 e. The molecule has 1 saturated heterocycles.